The maximum absolute atomic E-state index is 12.3. The molecular formula is C17H24N4O3. The Labute approximate surface area is 140 Å². The van der Waals surface area contributed by atoms with Gasteiger partial charge < -0.3 is 31.2 Å². The Hall–Kier alpha value is -1.93. The van der Waals surface area contributed by atoms with E-state index in [4.69, 9.17) is 20.9 Å². The summed E-state index contributed by atoms with van der Waals surface area (Å²) in [7, 11) is 0. The van der Waals surface area contributed by atoms with E-state index in [0.717, 1.165) is 16.5 Å². The fraction of sp³-hybridized carbons (Fsp3) is 0.471. The van der Waals surface area contributed by atoms with Gasteiger partial charge in [-0.2, -0.15) is 0 Å². The van der Waals surface area contributed by atoms with Crippen LogP contribution in [0, 0.1) is 0 Å². The topological polar surface area (TPSA) is 115 Å². The molecule has 3 rings (SSSR count). The highest BCUT2D eigenvalue weighted by atomic mass is 16.7. The summed E-state index contributed by atoms with van der Waals surface area (Å²) in [5.74, 6) is -0.349. The average Bonchev–Trinajstić information content (AvgIpc) is 3.03. The van der Waals surface area contributed by atoms with Crippen LogP contribution < -0.4 is 16.8 Å². The standard InChI is InChI=1S/C17H24N4O3/c1-10(13-6-20-14-5-3-2-4-12(13)14)16(19)17(22)21-7-15-23-8-11(18)9-24-15/h2-6,10-11,15-16,20H,7-9,18-19H2,1H3,(H,21,22)/t10-,11?,15?,16+/m0/s1. The van der Waals surface area contributed by atoms with E-state index in [1.807, 2.05) is 37.4 Å². The Kier molecular flexibility index (Phi) is 5.15. The van der Waals surface area contributed by atoms with Crippen molar-refractivity contribution in [2.45, 2.75) is 31.2 Å². The maximum Gasteiger partial charge on any atom is 0.237 e. The first-order valence-corrected chi connectivity index (χ1v) is 8.14. The number of benzene rings is 1. The van der Waals surface area contributed by atoms with Crippen molar-refractivity contribution in [3.05, 3.63) is 36.0 Å². The Bertz CT molecular complexity index is 694. The van der Waals surface area contributed by atoms with Crippen LogP contribution in [0.3, 0.4) is 0 Å². The minimum Gasteiger partial charge on any atom is -0.361 e. The summed E-state index contributed by atoms with van der Waals surface area (Å²) < 4.78 is 10.8. The summed E-state index contributed by atoms with van der Waals surface area (Å²) in [5, 5.41) is 3.88. The maximum atomic E-state index is 12.3. The van der Waals surface area contributed by atoms with Crippen LogP contribution in [0.25, 0.3) is 10.9 Å². The molecule has 6 N–H and O–H groups in total. The molecular weight excluding hydrogens is 308 g/mol. The summed E-state index contributed by atoms with van der Waals surface area (Å²) in [5.41, 5.74) is 13.9. The van der Waals surface area contributed by atoms with Gasteiger partial charge in [-0.15, -0.1) is 0 Å². The number of para-hydroxylation sites is 1. The summed E-state index contributed by atoms with van der Waals surface area (Å²) >= 11 is 0. The van der Waals surface area contributed by atoms with Gasteiger partial charge in [0.15, 0.2) is 6.29 Å². The highest BCUT2D eigenvalue weighted by molar-refractivity contribution is 5.87. The molecule has 130 valence electrons. The normalized spacial score (nSPS) is 23.8. The zero-order chi connectivity index (χ0) is 17.1. The summed E-state index contributed by atoms with van der Waals surface area (Å²) in [6, 6.07) is 7.20. The number of aromatic amines is 1. The zero-order valence-electron chi connectivity index (χ0n) is 13.7. The number of aromatic nitrogens is 1. The van der Waals surface area contributed by atoms with E-state index in [1.54, 1.807) is 0 Å². The van der Waals surface area contributed by atoms with Gasteiger partial charge in [-0.3, -0.25) is 4.79 Å². The predicted molar refractivity (Wildman–Crippen MR) is 91.4 cm³/mol. The number of hydrogen-bond donors (Lipinski definition) is 4. The Morgan fingerprint density at radius 3 is 2.83 bits per heavy atom. The van der Waals surface area contributed by atoms with E-state index >= 15 is 0 Å². The minimum atomic E-state index is -0.657. The predicted octanol–water partition coefficient (Wildman–Crippen LogP) is 0.415. The van der Waals surface area contributed by atoms with Crippen LogP contribution in [0.1, 0.15) is 18.4 Å². The van der Waals surface area contributed by atoms with Crippen LogP contribution >= 0.6 is 0 Å². The SMILES string of the molecule is C[C@@H](c1c[nH]c2ccccc12)[C@@H](N)C(=O)NCC1OCC(N)CO1. The Balaban J connectivity index is 1.58. The van der Waals surface area contributed by atoms with Crippen molar-refractivity contribution in [3.63, 3.8) is 0 Å². The number of carbonyl (C=O) groups is 1. The molecule has 0 unspecified atom stereocenters. The van der Waals surface area contributed by atoms with E-state index in [2.05, 4.69) is 10.3 Å². The molecule has 1 aromatic carbocycles. The second-order valence-corrected chi connectivity index (χ2v) is 6.21. The Morgan fingerprint density at radius 2 is 2.08 bits per heavy atom. The van der Waals surface area contributed by atoms with E-state index < -0.39 is 12.3 Å². The van der Waals surface area contributed by atoms with Crippen molar-refractivity contribution in [1.29, 1.82) is 0 Å². The molecule has 1 fully saturated rings. The molecule has 1 amide bonds. The number of carbonyl (C=O) groups excluding carboxylic acids is 1. The third-order valence-corrected chi connectivity index (χ3v) is 4.39. The lowest BCUT2D eigenvalue weighted by Gasteiger charge is -2.28. The van der Waals surface area contributed by atoms with E-state index in [9.17, 15) is 4.79 Å². The van der Waals surface area contributed by atoms with Gasteiger partial charge in [0.05, 0.1) is 31.8 Å². The quantitative estimate of drug-likeness (QED) is 0.633. The number of H-pyrrole nitrogens is 1. The molecule has 1 aromatic heterocycles. The molecule has 0 aliphatic carbocycles. The zero-order valence-corrected chi connectivity index (χ0v) is 13.7. The minimum absolute atomic E-state index is 0.110. The summed E-state index contributed by atoms with van der Waals surface area (Å²) in [6.45, 7) is 3.07. The van der Waals surface area contributed by atoms with E-state index in [1.165, 1.54) is 0 Å². The number of nitrogens with one attached hydrogen (secondary N) is 2. The van der Waals surface area contributed by atoms with Gasteiger partial charge in [-0.1, -0.05) is 25.1 Å². The number of hydrogen-bond acceptors (Lipinski definition) is 5. The van der Waals surface area contributed by atoms with Crippen LogP contribution in [0.5, 0.6) is 0 Å². The van der Waals surface area contributed by atoms with Gasteiger partial charge >= 0.3 is 0 Å². The second-order valence-electron chi connectivity index (χ2n) is 6.21. The molecule has 24 heavy (non-hydrogen) atoms. The van der Waals surface area contributed by atoms with Gasteiger partial charge in [-0.05, 0) is 11.6 Å². The van der Waals surface area contributed by atoms with E-state index in [-0.39, 0.29) is 24.4 Å². The fourth-order valence-electron chi connectivity index (χ4n) is 2.87. The largest absolute Gasteiger partial charge is 0.361 e. The molecule has 0 spiro atoms. The second kappa shape index (κ2) is 7.31. The first-order valence-electron chi connectivity index (χ1n) is 8.14. The van der Waals surface area contributed by atoms with Crippen LogP contribution in [0.4, 0.5) is 0 Å². The highest BCUT2D eigenvalue weighted by Crippen LogP contribution is 2.27. The monoisotopic (exact) mass is 332 g/mol. The van der Waals surface area contributed by atoms with Crippen molar-refractivity contribution in [2.75, 3.05) is 19.8 Å². The molecule has 0 saturated carbocycles. The number of nitrogens with two attached hydrogens (primary N) is 2. The summed E-state index contributed by atoms with van der Waals surface area (Å²) in [6.07, 6.45) is 1.45. The average molecular weight is 332 g/mol. The molecule has 2 heterocycles. The first-order chi connectivity index (χ1) is 11.6. The third kappa shape index (κ3) is 3.59. The van der Waals surface area contributed by atoms with Crippen molar-refractivity contribution in [2.24, 2.45) is 11.5 Å². The van der Waals surface area contributed by atoms with Gasteiger partial charge in [0.2, 0.25) is 5.91 Å². The van der Waals surface area contributed by atoms with Crippen molar-refractivity contribution in [1.82, 2.24) is 10.3 Å². The molecule has 7 nitrogen and oxygen atoms in total. The van der Waals surface area contributed by atoms with E-state index in [0.29, 0.717) is 13.2 Å². The number of fused-ring (bicyclic) bond motifs is 1. The molecule has 1 aliphatic heterocycles. The van der Waals surface area contributed by atoms with Crippen LogP contribution in [-0.2, 0) is 14.3 Å². The number of rotatable bonds is 5. The third-order valence-electron chi connectivity index (χ3n) is 4.39. The van der Waals surface area contributed by atoms with Crippen LogP contribution in [0.2, 0.25) is 0 Å². The van der Waals surface area contributed by atoms with Gasteiger partial charge in [0.1, 0.15) is 0 Å². The summed E-state index contributed by atoms with van der Waals surface area (Å²) in [4.78, 5) is 15.6. The number of amides is 1. The fourth-order valence-corrected chi connectivity index (χ4v) is 2.87. The lowest BCUT2D eigenvalue weighted by atomic mass is 9.93. The first kappa shape index (κ1) is 16.9. The van der Waals surface area contributed by atoms with Gasteiger partial charge in [-0.25, -0.2) is 0 Å². The van der Waals surface area contributed by atoms with Gasteiger partial charge in [0, 0.05) is 23.0 Å². The highest BCUT2D eigenvalue weighted by Gasteiger charge is 2.26. The molecule has 2 aromatic rings. The van der Waals surface area contributed by atoms with Crippen molar-refractivity contribution < 1.29 is 14.3 Å². The molecule has 0 bridgehead atoms. The van der Waals surface area contributed by atoms with Gasteiger partial charge in [0.25, 0.3) is 0 Å². The van der Waals surface area contributed by atoms with Crippen LogP contribution in [0.15, 0.2) is 30.5 Å². The smallest absolute Gasteiger partial charge is 0.237 e. The lowest BCUT2D eigenvalue weighted by Crippen LogP contribution is -2.49. The van der Waals surface area contributed by atoms with Crippen molar-refractivity contribution in [3.8, 4) is 0 Å². The molecule has 2 atom stereocenters. The van der Waals surface area contributed by atoms with Crippen LogP contribution in [-0.4, -0.2) is 49.0 Å². The Morgan fingerprint density at radius 1 is 1.38 bits per heavy atom. The molecule has 0 radical (unpaired) electrons. The molecule has 1 saturated heterocycles. The molecule has 1 aliphatic rings. The molecule has 7 heteroatoms. The lowest BCUT2D eigenvalue weighted by molar-refractivity contribution is -0.183. The van der Waals surface area contributed by atoms with Crippen molar-refractivity contribution >= 4 is 16.8 Å². The number of ether oxygens (including phenoxy) is 2.